The van der Waals surface area contributed by atoms with Crippen molar-refractivity contribution in [1.82, 2.24) is 25.1 Å². The molecule has 1 heterocycles. The largest absolute Gasteiger partial charge is 0.332 e. The van der Waals surface area contributed by atoms with Gasteiger partial charge in [0, 0.05) is 44.5 Å². The van der Waals surface area contributed by atoms with Crippen molar-refractivity contribution < 1.29 is 9.72 Å². The van der Waals surface area contributed by atoms with Gasteiger partial charge < -0.3 is 4.90 Å². The molecule has 0 atom stereocenters. The number of carbonyl (C=O) groups is 1. The van der Waals surface area contributed by atoms with E-state index >= 15 is 0 Å². The Kier molecular flexibility index (Phi) is 4.71. The topological polar surface area (TPSA) is 107 Å². The number of aromatic nitrogens is 4. The minimum Gasteiger partial charge on any atom is -0.332 e. The Morgan fingerprint density at radius 3 is 2.82 bits per heavy atom. The number of nitro benzene ring substituents is 1. The maximum Gasteiger partial charge on any atom is 0.289 e. The molecule has 116 valence electrons. The summed E-state index contributed by atoms with van der Waals surface area (Å²) in [5.41, 5.74) is 1.61. The van der Waals surface area contributed by atoms with Crippen LogP contribution in [0.1, 0.15) is 11.1 Å². The summed E-state index contributed by atoms with van der Waals surface area (Å²) in [5, 5.41) is 21.8. The van der Waals surface area contributed by atoms with Gasteiger partial charge in [-0.1, -0.05) is 6.07 Å². The molecular formula is C12H14N6O3S. The summed E-state index contributed by atoms with van der Waals surface area (Å²) >= 11 is 0.901. The van der Waals surface area contributed by atoms with Crippen molar-refractivity contribution in [1.29, 1.82) is 0 Å². The van der Waals surface area contributed by atoms with E-state index in [-0.39, 0.29) is 17.5 Å². The molecule has 2 rings (SSSR count). The number of carbonyl (C=O) groups excluding carboxylic acids is 1. The van der Waals surface area contributed by atoms with Crippen LogP contribution in [0, 0.1) is 17.0 Å². The quantitative estimate of drug-likeness (QED) is 0.479. The monoisotopic (exact) mass is 322 g/mol. The molecular weight excluding hydrogens is 308 g/mol. The lowest BCUT2D eigenvalue weighted by Crippen LogP contribution is -2.23. The Morgan fingerprint density at radius 2 is 2.23 bits per heavy atom. The lowest BCUT2D eigenvalue weighted by atomic mass is 10.1. The van der Waals surface area contributed by atoms with Crippen LogP contribution in [-0.4, -0.2) is 42.3 Å². The first kappa shape index (κ1) is 15.9. The predicted octanol–water partition coefficient (Wildman–Crippen LogP) is 1.77. The van der Waals surface area contributed by atoms with Crippen LogP contribution in [0.5, 0.6) is 0 Å². The van der Waals surface area contributed by atoms with Crippen LogP contribution in [0.15, 0.2) is 23.4 Å². The zero-order chi connectivity index (χ0) is 16.3. The van der Waals surface area contributed by atoms with Crippen molar-refractivity contribution in [2.45, 2.75) is 18.6 Å². The number of aryl methyl sites for hydroxylation is 2. The van der Waals surface area contributed by atoms with Crippen molar-refractivity contribution in [3.05, 3.63) is 39.4 Å². The van der Waals surface area contributed by atoms with E-state index in [4.69, 9.17) is 0 Å². The van der Waals surface area contributed by atoms with Crippen molar-refractivity contribution in [2.24, 2.45) is 7.05 Å². The summed E-state index contributed by atoms with van der Waals surface area (Å²) < 4.78 is 1.40. The summed E-state index contributed by atoms with van der Waals surface area (Å²) in [6.07, 6.45) is 0. The Morgan fingerprint density at radius 1 is 1.50 bits per heavy atom. The molecule has 0 saturated heterocycles. The Labute approximate surface area is 130 Å². The summed E-state index contributed by atoms with van der Waals surface area (Å²) in [6.45, 7) is 2.11. The van der Waals surface area contributed by atoms with Gasteiger partial charge in [-0.25, -0.2) is 4.68 Å². The number of amides is 1. The van der Waals surface area contributed by atoms with Crippen LogP contribution in [0.25, 0.3) is 0 Å². The molecule has 0 aliphatic carbocycles. The van der Waals surface area contributed by atoms with Gasteiger partial charge in [-0.2, -0.15) is 0 Å². The fraction of sp³-hybridized carbons (Fsp3) is 0.333. The second kappa shape index (κ2) is 6.52. The number of non-ortho nitro benzene ring substituents is 1. The van der Waals surface area contributed by atoms with Crippen LogP contribution in [0.3, 0.4) is 0 Å². The predicted molar refractivity (Wildman–Crippen MR) is 79.4 cm³/mol. The van der Waals surface area contributed by atoms with E-state index in [1.165, 1.54) is 21.7 Å². The molecule has 0 spiro atoms. The highest BCUT2D eigenvalue weighted by atomic mass is 32.2. The lowest BCUT2D eigenvalue weighted by Gasteiger charge is -2.17. The second-order valence-electron chi connectivity index (χ2n) is 4.68. The molecule has 22 heavy (non-hydrogen) atoms. The number of nitro groups is 1. The zero-order valence-corrected chi connectivity index (χ0v) is 13.1. The van der Waals surface area contributed by atoms with Crippen LogP contribution >= 0.6 is 11.8 Å². The van der Waals surface area contributed by atoms with E-state index in [9.17, 15) is 14.9 Å². The molecule has 0 N–H and O–H groups in total. The Hall–Kier alpha value is -2.49. The summed E-state index contributed by atoms with van der Waals surface area (Å²) in [7, 11) is 3.26. The number of thioether (sulfide) groups is 1. The first-order valence-electron chi connectivity index (χ1n) is 6.27. The minimum atomic E-state index is -0.454. The Bertz CT molecular complexity index is 717. The molecule has 0 unspecified atom stereocenters. The third-order valence-corrected chi connectivity index (χ3v) is 4.04. The second-order valence-corrected chi connectivity index (χ2v) is 5.60. The van der Waals surface area contributed by atoms with Gasteiger partial charge in [-0.15, -0.1) is 5.10 Å². The number of benzene rings is 1. The molecule has 1 aromatic heterocycles. The zero-order valence-electron chi connectivity index (χ0n) is 12.3. The van der Waals surface area contributed by atoms with Gasteiger partial charge in [0.15, 0.2) is 0 Å². The van der Waals surface area contributed by atoms with E-state index < -0.39 is 4.92 Å². The molecule has 10 heteroatoms. The third-order valence-electron chi connectivity index (χ3n) is 3.02. The van der Waals surface area contributed by atoms with Crippen LogP contribution < -0.4 is 0 Å². The lowest BCUT2D eigenvalue weighted by molar-refractivity contribution is -0.384. The normalized spacial score (nSPS) is 10.5. The van der Waals surface area contributed by atoms with Crippen LogP contribution in [0.2, 0.25) is 0 Å². The average Bonchev–Trinajstić information content (AvgIpc) is 2.86. The molecule has 0 radical (unpaired) electrons. The van der Waals surface area contributed by atoms with Crippen LogP contribution in [-0.2, 0) is 13.6 Å². The number of tetrazole rings is 1. The minimum absolute atomic E-state index is 0.00611. The standard InChI is InChI=1S/C12H14N6O3S/c1-8-4-5-10(18(20)21)6-9(8)7-16(2)12(19)22-11-13-14-15-17(11)3/h4-6H,7H2,1-3H3. The van der Waals surface area contributed by atoms with E-state index in [1.807, 2.05) is 6.92 Å². The third kappa shape index (κ3) is 3.58. The van der Waals surface area contributed by atoms with E-state index in [2.05, 4.69) is 15.5 Å². The highest BCUT2D eigenvalue weighted by molar-refractivity contribution is 8.13. The van der Waals surface area contributed by atoms with Crippen molar-refractivity contribution >= 4 is 22.7 Å². The van der Waals surface area contributed by atoms with Gasteiger partial charge in [0.05, 0.1) is 4.92 Å². The van der Waals surface area contributed by atoms with E-state index in [0.29, 0.717) is 5.16 Å². The van der Waals surface area contributed by atoms with Crippen molar-refractivity contribution in [3.8, 4) is 0 Å². The molecule has 1 amide bonds. The summed E-state index contributed by atoms with van der Waals surface area (Å²) in [4.78, 5) is 24.0. The maximum atomic E-state index is 12.1. The van der Waals surface area contributed by atoms with Gasteiger partial charge in [0.25, 0.3) is 10.9 Å². The number of rotatable bonds is 4. The maximum absolute atomic E-state index is 12.1. The van der Waals surface area contributed by atoms with Gasteiger partial charge in [-0.05, 0) is 28.5 Å². The highest BCUT2D eigenvalue weighted by Gasteiger charge is 2.17. The fourth-order valence-corrected chi connectivity index (χ4v) is 2.35. The van der Waals surface area contributed by atoms with Gasteiger partial charge in [-0.3, -0.25) is 14.9 Å². The average molecular weight is 322 g/mol. The van der Waals surface area contributed by atoms with Crippen molar-refractivity contribution in [3.63, 3.8) is 0 Å². The van der Waals surface area contributed by atoms with E-state index in [1.54, 1.807) is 20.2 Å². The molecule has 2 aromatic rings. The van der Waals surface area contributed by atoms with Crippen molar-refractivity contribution in [2.75, 3.05) is 7.05 Å². The number of hydrogen-bond donors (Lipinski definition) is 0. The van der Waals surface area contributed by atoms with Gasteiger partial charge in [0.2, 0.25) is 5.16 Å². The molecule has 0 saturated carbocycles. The van der Waals surface area contributed by atoms with Gasteiger partial charge >= 0.3 is 0 Å². The smallest absolute Gasteiger partial charge is 0.289 e. The summed E-state index contributed by atoms with van der Waals surface area (Å²) in [5.74, 6) is 0. The fourth-order valence-electron chi connectivity index (χ4n) is 1.73. The molecule has 1 aromatic carbocycles. The number of hydrogen-bond acceptors (Lipinski definition) is 7. The molecule has 0 fully saturated rings. The first-order chi connectivity index (χ1) is 10.4. The number of nitrogens with zero attached hydrogens (tertiary/aromatic N) is 6. The van der Waals surface area contributed by atoms with E-state index in [0.717, 1.165) is 22.9 Å². The molecule has 9 nitrogen and oxygen atoms in total. The molecule has 0 bridgehead atoms. The van der Waals surface area contributed by atoms with Gasteiger partial charge in [0.1, 0.15) is 0 Å². The highest BCUT2D eigenvalue weighted by Crippen LogP contribution is 2.22. The first-order valence-corrected chi connectivity index (χ1v) is 7.09. The van der Waals surface area contributed by atoms with Crippen LogP contribution in [0.4, 0.5) is 10.5 Å². The summed E-state index contributed by atoms with van der Waals surface area (Å²) in [6, 6.07) is 4.60. The molecule has 0 aliphatic heterocycles. The molecule has 0 aliphatic rings. The Balaban J connectivity index is 2.09. The SMILES string of the molecule is Cc1ccc([N+](=O)[O-])cc1CN(C)C(=O)Sc1nnnn1C.